The lowest BCUT2D eigenvalue weighted by Crippen LogP contribution is -2.45. The van der Waals surface area contributed by atoms with Crippen LogP contribution in [0.3, 0.4) is 0 Å². The molecule has 19 heavy (non-hydrogen) atoms. The van der Waals surface area contributed by atoms with Gasteiger partial charge in [0.2, 0.25) is 0 Å². The summed E-state index contributed by atoms with van der Waals surface area (Å²) in [6.07, 6.45) is 7.88. The predicted octanol–water partition coefficient (Wildman–Crippen LogP) is 3.59. The molecule has 0 bridgehead atoms. The zero-order chi connectivity index (χ0) is 14.0. The summed E-state index contributed by atoms with van der Waals surface area (Å²) in [5, 5.41) is 8.07. The van der Waals surface area contributed by atoms with E-state index in [-0.39, 0.29) is 0 Å². The molecule has 4 heteroatoms. The molecule has 0 saturated heterocycles. The van der Waals surface area contributed by atoms with Crippen LogP contribution >= 0.6 is 15.9 Å². The van der Waals surface area contributed by atoms with Crippen LogP contribution in [-0.2, 0) is 13.5 Å². The van der Waals surface area contributed by atoms with E-state index in [1.807, 2.05) is 11.7 Å². The molecule has 3 nitrogen and oxygen atoms in total. The van der Waals surface area contributed by atoms with Gasteiger partial charge in [-0.15, -0.1) is 0 Å². The van der Waals surface area contributed by atoms with Crippen molar-refractivity contribution in [1.82, 2.24) is 15.1 Å². The number of halogens is 1. The maximum absolute atomic E-state index is 4.51. The van der Waals surface area contributed by atoms with E-state index >= 15 is 0 Å². The molecule has 1 aliphatic carbocycles. The van der Waals surface area contributed by atoms with Gasteiger partial charge in [-0.2, -0.15) is 5.10 Å². The van der Waals surface area contributed by atoms with Crippen molar-refractivity contribution >= 4 is 15.9 Å². The van der Waals surface area contributed by atoms with Gasteiger partial charge in [0.25, 0.3) is 0 Å². The van der Waals surface area contributed by atoms with Crippen LogP contribution in [-0.4, -0.2) is 22.9 Å². The molecule has 1 saturated carbocycles. The second kappa shape index (κ2) is 5.96. The largest absolute Gasteiger partial charge is 0.316 e. The van der Waals surface area contributed by atoms with E-state index in [0.29, 0.717) is 11.5 Å². The van der Waals surface area contributed by atoms with Crippen LogP contribution in [0.2, 0.25) is 0 Å². The standard InChI is InChI=1S/C15H26BrN3/c1-11-14(16)12(19(4)18-11)10-13(17-3)15(2)8-6-5-7-9-15/h13,17H,5-10H2,1-4H3. The summed E-state index contributed by atoms with van der Waals surface area (Å²) in [5.74, 6) is 0. The molecule has 1 N–H and O–H groups in total. The van der Waals surface area contributed by atoms with E-state index in [1.54, 1.807) is 0 Å². The summed E-state index contributed by atoms with van der Waals surface area (Å²) >= 11 is 3.69. The monoisotopic (exact) mass is 327 g/mol. The molecule has 2 rings (SSSR count). The van der Waals surface area contributed by atoms with Crippen molar-refractivity contribution in [2.24, 2.45) is 12.5 Å². The summed E-state index contributed by atoms with van der Waals surface area (Å²) in [5.41, 5.74) is 2.81. The minimum Gasteiger partial charge on any atom is -0.316 e. The van der Waals surface area contributed by atoms with Crippen LogP contribution in [0.4, 0.5) is 0 Å². The van der Waals surface area contributed by atoms with Crippen molar-refractivity contribution in [3.8, 4) is 0 Å². The molecule has 1 heterocycles. The summed E-state index contributed by atoms with van der Waals surface area (Å²) in [4.78, 5) is 0. The average molecular weight is 328 g/mol. The third kappa shape index (κ3) is 3.05. The fraction of sp³-hybridized carbons (Fsp3) is 0.800. The summed E-state index contributed by atoms with van der Waals surface area (Å²) in [7, 11) is 4.14. The molecule has 0 amide bonds. The van der Waals surface area contributed by atoms with Crippen molar-refractivity contribution < 1.29 is 0 Å². The minimum absolute atomic E-state index is 0.421. The zero-order valence-electron chi connectivity index (χ0n) is 12.6. The minimum atomic E-state index is 0.421. The van der Waals surface area contributed by atoms with Gasteiger partial charge in [-0.25, -0.2) is 0 Å². The second-order valence-electron chi connectivity index (χ2n) is 6.23. The second-order valence-corrected chi connectivity index (χ2v) is 7.02. The number of likely N-dealkylation sites (N-methyl/N-ethyl adjacent to an activating group) is 1. The highest BCUT2D eigenvalue weighted by molar-refractivity contribution is 9.10. The van der Waals surface area contributed by atoms with Gasteiger partial charge in [0.1, 0.15) is 0 Å². The Morgan fingerprint density at radius 3 is 2.47 bits per heavy atom. The van der Waals surface area contributed by atoms with Gasteiger partial charge >= 0.3 is 0 Å². The molecule has 1 aliphatic rings. The number of hydrogen-bond donors (Lipinski definition) is 1. The van der Waals surface area contributed by atoms with E-state index in [4.69, 9.17) is 0 Å². The van der Waals surface area contributed by atoms with Gasteiger partial charge in [0.15, 0.2) is 0 Å². The van der Waals surface area contributed by atoms with Gasteiger partial charge in [-0.05, 0) is 48.2 Å². The van der Waals surface area contributed by atoms with E-state index in [0.717, 1.165) is 12.1 Å². The highest BCUT2D eigenvalue weighted by Gasteiger charge is 2.35. The molecule has 1 aromatic heterocycles. The number of nitrogens with zero attached hydrogens (tertiary/aromatic N) is 2. The third-order valence-electron chi connectivity index (χ3n) is 4.84. The Morgan fingerprint density at radius 1 is 1.37 bits per heavy atom. The highest BCUT2D eigenvalue weighted by atomic mass is 79.9. The molecule has 1 aromatic rings. The summed E-state index contributed by atoms with van der Waals surface area (Å²) in [6.45, 7) is 4.51. The van der Waals surface area contributed by atoms with Crippen molar-refractivity contribution in [2.75, 3.05) is 7.05 Å². The normalized spacial score (nSPS) is 20.5. The molecule has 108 valence electrons. The average Bonchev–Trinajstić information content (AvgIpc) is 2.62. The van der Waals surface area contributed by atoms with Crippen molar-refractivity contribution in [2.45, 2.75) is 58.4 Å². The predicted molar refractivity (Wildman–Crippen MR) is 83.4 cm³/mol. The van der Waals surface area contributed by atoms with Crippen LogP contribution in [0.25, 0.3) is 0 Å². The van der Waals surface area contributed by atoms with Crippen molar-refractivity contribution in [1.29, 1.82) is 0 Å². The SMILES string of the molecule is CNC(Cc1c(Br)c(C)nn1C)C1(C)CCCCC1. The Labute approximate surface area is 125 Å². The highest BCUT2D eigenvalue weighted by Crippen LogP contribution is 2.40. The fourth-order valence-electron chi connectivity index (χ4n) is 3.50. The number of aromatic nitrogens is 2. The van der Waals surface area contributed by atoms with Crippen LogP contribution in [0, 0.1) is 12.3 Å². The molecule has 1 unspecified atom stereocenters. The smallest absolute Gasteiger partial charge is 0.0738 e. The lowest BCUT2D eigenvalue weighted by molar-refractivity contribution is 0.147. The van der Waals surface area contributed by atoms with Crippen LogP contribution in [0.15, 0.2) is 4.47 Å². The number of hydrogen-bond acceptors (Lipinski definition) is 2. The first-order valence-corrected chi connectivity index (χ1v) is 8.12. The Morgan fingerprint density at radius 2 is 2.00 bits per heavy atom. The van der Waals surface area contributed by atoms with Gasteiger partial charge in [-0.1, -0.05) is 26.2 Å². The van der Waals surface area contributed by atoms with E-state index < -0.39 is 0 Å². The Hall–Kier alpha value is -0.350. The Bertz CT molecular complexity index is 433. The quantitative estimate of drug-likeness (QED) is 0.915. The fourth-order valence-corrected chi connectivity index (χ4v) is 4.00. The Balaban J connectivity index is 2.18. The van der Waals surface area contributed by atoms with Crippen LogP contribution in [0.1, 0.15) is 50.4 Å². The summed E-state index contributed by atoms with van der Waals surface area (Å²) in [6, 6.07) is 0.527. The van der Waals surface area contributed by atoms with Crippen LogP contribution < -0.4 is 5.32 Å². The molecule has 0 aromatic carbocycles. The van der Waals surface area contributed by atoms with Crippen molar-refractivity contribution in [3.05, 3.63) is 15.9 Å². The van der Waals surface area contributed by atoms with Crippen molar-refractivity contribution in [3.63, 3.8) is 0 Å². The van der Waals surface area contributed by atoms with Gasteiger partial charge in [0, 0.05) is 19.5 Å². The van der Waals surface area contributed by atoms with E-state index in [9.17, 15) is 0 Å². The molecule has 1 atom stereocenters. The van der Waals surface area contributed by atoms with Gasteiger partial charge < -0.3 is 5.32 Å². The first-order valence-electron chi connectivity index (χ1n) is 7.33. The van der Waals surface area contributed by atoms with E-state index in [2.05, 4.69) is 47.2 Å². The number of aryl methyl sites for hydroxylation is 2. The maximum Gasteiger partial charge on any atom is 0.0738 e. The molecular weight excluding hydrogens is 302 g/mol. The molecular formula is C15H26BrN3. The van der Waals surface area contributed by atoms with E-state index in [1.165, 1.54) is 42.3 Å². The zero-order valence-corrected chi connectivity index (χ0v) is 14.2. The lowest BCUT2D eigenvalue weighted by atomic mass is 9.69. The molecule has 0 radical (unpaired) electrons. The first kappa shape index (κ1) is 15.0. The summed E-state index contributed by atoms with van der Waals surface area (Å²) < 4.78 is 3.20. The molecule has 0 spiro atoms. The Kier molecular flexibility index (Phi) is 4.72. The first-order chi connectivity index (χ1) is 8.98. The maximum atomic E-state index is 4.51. The van der Waals surface area contributed by atoms with Crippen LogP contribution in [0.5, 0.6) is 0 Å². The number of rotatable bonds is 4. The lowest BCUT2D eigenvalue weighted by Gasteiger charge is -2.41. The van der Waals surface area contributed by atoms with Gasteiger partial charge in [0.05, 0.1) is 15.9 Å². The molecule has 1 fully saturated rings. The number of nitrogens with one attached hydrogen (secondary N) is 1. The van der Waals surface area contributed by atoms with Gasteiger partial charge in [-0.3, -0.25) is 4.68 Å². The molecule has 0 aliphatic heterocycles. The topological polar surface area (TPSA) is 29.9 Å². The third-order valence-corrected chi connectivity index (χ3v) is 5.88.